The Bertz CT molecular complexity index is 688. The second-order valence-corrected chi connectivity index (χ2v) is 6.13. The molecule has 1 atom stereocenters. The number of hydrogen-bond acceptors (Lipinski definition) is 5. The molecule has 0 bridgehead atoms. The average Bonchev–Trinajstić information content (AvgIpc) is 3.35. The highest BCUT2D eigenvalue weighted by atomic mass is 35.5. The lowest BCUT2D eigenvalue weighted by molar-refractivity contribution is 0.281. The van der Waals surface area contributed by atoms with Crippen molar-refractivity contribution >= 4 is 29.1 Å². The van der Waals surface area contributed by atoms with Crippen LogP contribution in [0.4, 0.5) is 21.8 Å². The smallest absolute Gasteiger partial charge is 0.225 e. The number of rotatable bonds is 6. The molecule has 3 rings (SSSR count). The molecule has 7 heteroatoms. The van der Waals surface area contributed by atoms with Crippen molar-refractivity contribution in [1.29, 1.82) is 0 Å². The van der Waals surface area contributed by atoms with E-state index in [1.165, 1.54) is 6.07 Å². The molecule has 1 saturated carbocycles. The van der Waals surface area contributed by atoms with E-state index in [2.05, 4.69) is 20.6 Å². The van der Waals surface area contributed by atoms with Gasteiger partial charge in [0.2, 0.25) is 5.95 Å². The quantitative estimate of drug-likeness (QED) is 0.750. The van der Waals surface area contributed by atoms with E-state index in [1.807, 2.05) is 13.0 Å². The fraction of sp³-hybridized carbons (Fsp3) is 0.375. The van der Waals surface area contributed by atoms with Crippen molar-refractivity contribution in [2.24, 2.45) is 0 Å². The summed E-state index contributed by atoms with van der Waals surface area (Å²) in [4.78, 5) is 8.81. The molecule has 122 valence electrons. The van der Waals surface area contributed by atoms with Crippen molar-refractivity contribution in [2.45, 2.75) is 31.7 Å². The Balaban J connectivity index is 1.91. The molecule has 2 aromatic rings. The van der Waals surface area contributed by atoms with Gasteiger partial charge in [0.25, 0.3) is 0 Å². The minimum Gasteiger partial charge on any atom is -0.394 e. The summed E-state index contributed by atoms with van der Waals surface area (Å²) < 4.78 is 13.9. The Morgan fingerprint density at radius 2 is 2.17 bits per heavy atom. The molecule has 0 amide bonds. The molecule has 5 nitrogen and oxygen atoms in total. The minimum absolute atomic E-state index is 0.0288. The van der Waals surface area contributed by atoms with Gasteiger partial charge >= 0.3 is 0 Å². The van der Waals surface area contributed by atoms with Crippen LogP contribution in [0, 0.1) is 5.82 Å². The molecule has 1 aliphatic rings. The highest BCUT2D eigenvalue weighted by Gasteiger charge is 2.26. The second-order valence-electron chi connectivity index (χ2n) is 5.73. The molecule has 0 saturated heterocycles. The Morgan fingerprint density at radius 3 is 2.83 bits per heavy atom. The number of hydrogen-bond donors (Lipinski definition) is 3. The molecule has 1 heterocycles. The van der Waals surface area contributed by atoms with Gasteiger partial charge in [0.1, 0.15) is 11.6 Å². The van der Waals surface area contributed by atoms with Crippen molar-refractivity contribution in [3.05, 3.63) is 40.8 Å². The van der Waals surface area contributed by atoms with Crippen LogP contribution in [-0.2, 0) is 0 Å². The highest BCUT2D eigenvalue weighted by Crippen LogP contribution is 2.40. The predicted molar refractivity (Wildman–Crippen MR) is 88.9 cm³/mol. The molecule has 0 aliphatic heterocycles. The fourth-order valence-corrected chi connectivity index (χ4v) is 2.40. The van der Waals surface area contributed by atoms with E-state index >= 15 is 0 Å². The molecule has 1 aromatic carbocycles. The molecule has 1 fully saturated rings. The van der Waals surface area contributed by atoms with Gasteiger partial charge in [-0.05, 0) is 31.9 Å². The predicted octanol–water partition coefficient (Wildman–Crippen LogP) is 3.68. The van der Waals surface area contributed by atoms with Crippen LogP contribution in [0.5, 0.6) is 0 Å². The topological polar surface area (TPSA) is 70.1 Å². The number of anilines is 3. The Morgan fingerprint density at radius 1 is 1.39 bits per heavy atom. The zero-order valence-electron chi connectivity index (χ0n) is 12.7. The van der Waals surface area contributed by atoms with Crippen LogP contribution in [-0.4, -0.2) is 27.7 Å². The first-order chi connectivity index (χ1) is 11.1. The number of nitrogens with zero attached hydrogens (tertiary/aromatic N) is 2. The molecular formula is C16H18ClFN4O. The number of nitrogens with one attached hydrogen (secondary N) is 2. The Labute approximate surface area is 138 Å². The van der Waals surface area contributed by atoms with Crippen molar-refractivity contribution in [3.8, 4) is 0 Å². The van der Waals surface area contributed by atoms with Crippen LogP contribution >= 0.6 is 11.6 Å². The van der Waals surface area contributed by atoms with Crippen LogP contribution in [0.15, 0.2) is 24.3 Å². The highest BCUT2D eigenvalue weighted by molar-refractivity contribution is 6.33. The van der Waals surface area contributed by atoms with Crippen molar-refractivity contribution in [2.75, 3.05) is 17.2 Å². The molecule has 1 aliphatic carbocycles. The minimum atomic E-state index is -0.442. The number of aromatic nitrogens is 2. The van der Waals surface area contributed by atoms with E-state index in [9.17, 15) is 4.39 Å². The molecule has 23 heavy (non-hydrogen) atoms. The van der Waals surface area contributed by atoms with Gasteiger partial charge in [-0.3, -0.25) is 0 Å². The number of aliphatic hydroxyl groups excluding tert-OH is 1. The lowest BCUT2D eigenvalue weighted by Crippen LogP contribution is -2.21. The molecule has 1 aromatic heterocycles. The first-order valence-corrected chi connectivity index (χ1v) is 7.92. The van der Waals surface area contributed by atoms with Gasteiger partial charge in [0.05, 0.1) is 23.0 Å². The summed E-state index contributed by atoms with van der Waals surface area (Å²) in [6.07, 6.45) is 2.18. The fourth-order valence-electron chi connectivity index (χ4n) is 2.19. The largest absolute Gasteiger partial charge is 0.394 e. The van der Waals surface area contributed by atoms with E-state index in [-0.39, 0.29) is 23.4 Å². The molecule has 0 unspecified atom stereocenters. The number of aliphatic hydroxyl groups is 1. The van der Waals surface area contributed by atoms with Crippen molar-refractivity contribution in [3.63, 3.8) is 0 Å². The van der Waals surface area contributed by atoms with E-state index < -0.39 is 5.82 Å². The summed E-state index contributed by atoms with van der Waals surface area (Å²) in [5.74, 6) is 0.856. The summed E-state index contributed by atoms with van der Waals surface area (Å²) in [6, 6.07) is 6.14. The third-order valence-electron chi connectivity index (χ3n) is 3.61. The average molecular weight is 337 g/mol. The SMILES string of the molecule is C[C@@H](CO)Nc1nc(Nc2c(F)cccc2Cl)cc(C2CC2)n1. The van der Waals surface area contributed by atoms with Gasteiger partial charge in [-0.15, -0.1) is 0 Å². The van der Waals surface area contributed by atoms with Crippen LogP contribution in [0.1, 0.15) is 31.4 Å². The molecular weight excluding hydrogens is 319 g/mol. The van der Waals surface area contributed by atoms with Gasteiger partial charge in [0.15, 0.2) is 0 Å². The number of para-hydroxylation sites is 1. The number of halogens is 2. The van der Waals surface area contributed by atoms with E-state index in [0.717, 1.165) is 18.5 Å². The molecule has 3 N–H and O–H groups in total. The van der Waals surface area contributed by atoms with Gasteiger partial charge in [0, 0.05) is 18.0 Å². The van der Waals surface area contributed by atoms with E-state index in [4.69, 9.17) is 16.7 Å². The van der Waals surface area contributed by atoms with Gasteiger partial charge in [-0.1, -0.05) is 17.7 Å². The molecule has 0 radical (unpaired) electrons. The zero-order chi connectivity index (χ0) is 16.4. The summed E-state index contributed by atoms with van der Waals surface area (Å²) in [7, 11) is 0. The number of benzene rings is 1. The lowest BCUT2D eigenvalue weighted by Gasteiger charge is -2.14. The standard InChI is InChI=1S/C16H18ClFN4O/c1-9(8-23)19-16-20-13(10-5-6-10)7-14(22-16)21-15-11(17)3-2-4-12(15)18/h2-4,7,9-10,23H,5-6,8H2,1H3,(H2,19,20,21,22)/t9-/m0/s1. The van der Waals surface area contributed by atoms with Crippen molar-refractivity contribution < 1.29 is 9.50 Å². The summed E-state index contributed by atoms with van der Waals surface area (Å²) in [6.45, 7) is 1.80. The van der Waals surface area contributed by atoms with Gasteiger partial charge in [-0.2, -0.15) is 4.98 Å². The summed E-state index contributed by atoms with van der Waals surface area (Å²) in [5.41, 5.74) is 1.10. The van der Waals surface area contributed by atoms with Gasteiger partial charge < -0.3 is 15.7 Å². The van der Waals surface area contributed by atoms with Crippen LogP contribution in [0.3, 0.4) is 0 Å². The summed E-state index contributed by atoms with van der Waals surface area (Å²) in [5, 5.41) is 15.4. The normalized spacial score (nSPS) is 15.3. The zero-order valence-corrected chi connectivity index (χ0v) is 13.4. The van der Waals surface area contributed by atoms with Crippen LogP contribution in [0.2, 0.25) is 5.02 Å². The first kappa shape index (κ1) is 16.0. The monoisotopic (exact) mass is 336 g/mol. The maximum atomic E-state index is 13.9. The van der Waals surface area contributed by atoms with Crippen LogP contribution < -0.4 is 10.6 Å². The summed E-state index contributed by atoms with van der Waals surface area (Å²) >= 11 is 6.05. The second kappa shape index (κ2) is 6.68. The third kappa shape index (κ3) is 3.89. The van der Waals surface area contributed by atoms with E-state index in [1.54, 1.807) is 12.1 Å². The van der Waals surface area contributed by atoms with Crippen molar-refractivity contribution in [1.82, 2.24) is 9.97 Å². The maximum absolute atomic E-state index is 13.9. The maximum Gasteiger partial charge on any atom is 0.225 e. The van der Waals surface area contributed by atoms with E-state index in [0.29, 0.717) is 17.7 Å². The Kier molecular flexibility index (Phi) is 4.63. The third-order valence-corrected chi connectivity index (χ3v) is 3.92. The molecule has 0 spiro atoms. The van der Waals surface area contributed by atoms with Gasteiger partial charge in [-0.25, -0.2) is 9.37 Å². The van der Waals surface area contributed by atoms with Crippen LogP contribution in [0.25, 0.3) is 0 Å². The Hall–Kier alpha value is -1.92. The first-order valence-electron chi connectivity index (χ1n) is 7.54. The lowest BCUT2D eigenvalue weighted by atomic mass is 10.2.